The number of nitrogens with one attached hydrogen (secondary N) is 1. The Morgan fingerprint density at radius 2 is 2.35 bits per heavy atom. The van der Waals surface area contributed by atoms with Crippen LogP contribution in [0.1, 0.15) is 48.3 Å². The van der Waals surface area contributed by atoms with Gasteiger partial charge in [0, 0.05) is 18.5 Å². The molecule has 2 rings (SSSR count). The molecule has 1 atom stereocenters. The number of carbonyl (C=O) groups excluding carboxylic acids is 1. The summed E-state index contributed by atoms with van der Waals surface area (Å²) in [6, 6.07) is 0. The summed E-state index contributed by atoms with van der Waals surface area (Å²) in [6.07, 6.45) is 1.94. The highest BCUT2D eigenvalue weighted by atomic mass is 32.1. The van der Waals surface area contributed by atoms with E-state index in [9.17, 15) is 9.59 Å². The van der Waals surface area contributed by atoms with E-state index < -0.39 is 11.4 Å². The van der Waals surface area contributed by atoms with Gasteiger partial charge in [-0.2, -0.15) is 0 Å². The van der Waals surface area contributed by atoms with Gasteiger partial charge in [0.2, 0.25) is 0 Å². The normalized spacial score (nSPS) is 19.0. The van der Waals surface area contributed by atoms with Crippen LogP contribution in [-0.2, 0) is 9.53 Å². The van der Waals surface area contributed by atoms with Crippen LogP contribution in [0.2, 0.25) is 0 Å². The molecule has 0 aromatic carbocycles. The molecule has 110 valence electrons. The van der Waals surface area contributed by atoms with Crippen molar-refractivity contribution in [2.24, 2.45) is 5.41 Å². The highest BCUT2D eigenvalue weighted by Gasteiger charge is 2.28. The monoisotopic (exact) mass is 298 g/mol. The van der Waals surface area contributed by atoms with E-state index in [1.165, 1.54) is 11.3 Å². The molecule has 0 radical (unpaired) electrons. The van der Waals surface area contributed by atoms with Crippen molar-refractivity contribution >= 4 is 23.2 Å². The summed E-state index contributed by atoms with van der Waals surface area (Å²) in [4.78, 5) is 27.2. The average Bonchev–Trinajstić information content (AvgIpc) is 3.05. The number of hydrogen-bond donors (Lipinski definition) is 2. The number of carboxylic acid groups (broad SMARTS) is 1. The van der Waals surface area contributed by atoms with Crippen LogP contribution >= 0.6 is 11.3 Å². The Morgan fingerprint density at radius 1 is 1.60 bits per heavy atom. The number of thiazole rings is 1. The van der Waals surface area contributed by atoms with Gasteiger partial charge in [-0.1, -0.05) is 0 Å². The molecule has 6 nitrogen and oxygen atoms in total. The van der Waals surface area contributed by atoms with Gasteiger partial charge >= 0.3 is 5.97 Å². The minimum absolute atomic E-state index is 0.00277. The molecule has 0 bridgehead atoms. The molecule has 20 heavy (non-hydrogen) atoms. The Labute approximate surface area is 121 Å². The molecular weight excluding hydrogens is 280 g/mol. The van der Waals surface area contributed by atoms with Crippen LogP contribution < -0.4 is 5.32 Å². The second-order valence-electron chi connectivity index (χ2n) is 5.44. The van der Waals surface area contributed by atoms with E-state index in [0.29, 0.717) is 5.69 Å². The van der Waals surface area contributed by atoms with Crippen molar-refractivity contribution in [3.8, 4) is 0 Å². The summed E-state index contributed by atoms with van der Waals surface area (Å²) in [5.41, 5.74) is -0.676. The van der Waals surface area contributed by atoms with Crippen molar-refractivity contribution in [2.45, 2.75) is 32.8 Å². The van der Waals surface area contributed by atoms with E-state index in [-0.39, 0.29) is 18.6 Å². The largest absolute Gasteiger partial charge is 0.481 e. The van der Waals surface area contributed by atoms with Gasteiger partial charge in [-0.3, -0.25) is 9.59 Å². The molecule has 1 unspecified atom stereocenters. The first kappa shape index (κ1) is 14.9. The lowest BCUT2D eigenvalue weighted by Gasteiger charge is -2.18. The quantitative estimate of drug-likeness (QED) is 0.866. The molecule has 1 aliphatic rings. The molecule has 2 heterocycles. The molecular formula is C13H18N2O4S. The van der Waals surface area contributed by atoms with Crippen molar-refractivity contribution in [1.29, 1.82) is 0 Å². The van der Waals surface area contributed by atoms with E-state index in [4.69, 9.17) is 9.84 Å². The Morgan fingerprint density at radius 3 is 2.95 bits per heavy atom. The Bertz CT molecular complexity index is 506. The first-order valence-electron chi connectivity index (χ1n) is 6.49. The number of aliphatic carboxylic acids is 1. The molecule has 0 saturated carbocycles. The lowest BCUT2D eigenvalue weighted by Crippen LogP contribution is -2.39. The predicted octanol–water partition coefficient (Wildman–Crippen LogP) is 1.84. The van der Waals surface area contributed by atoms with Gasteiger partial charge in [0.1, 0.15) is 16.8 Å². The number of nitrogens with zero attached hydrogens (tertiary/aromatic N) is 1. The zero-order valence-corrected chi connectivity index (χ0v) is 12.3. The van der Waals surface area contributed by atoms with Gasteiger partial charge < -0.3 is 15.2 Å². The van der Waals surface area contributed by atoms with Gasteiger partial charge in [-0.05, 0) is 26.7 Å². The molecule has 2 N–H and O–H groups in total. The van der Waals surface area contributed by atoms with Gasteiger partial charge in [-0.15, -0.1) is 11.3 Å². The van der Waals surface area contributed by atoms with Crippen LogP contribution in [0.5, 0.6) is 0 Å². The molecule has 1 fully saturated rings. The van der Waals surface area contributed by atoms with E-state index in [2.05, 4.69) is 10.3 Å². The third-order valence-electron chi connectivity index (χ3n) is 3.23. The Kier molecular flexibility index (Phi) is 4.39. The Balaban J connectivity index is 1.94. The molecule has 1 aliphatic heterocycles. The van der Waals surface area contributed by atoms with Crippen LogP contribution in [0.3, 0.4) is 0 Å². The van der Waals surface area contributed by atoms with E-state index in [1.807, 2.05) is 0 Å². The molecule has 7 heteroatoms. The maximum absolute atomic E-state index is 11.9. The van der Waals surface area contributed by atoms with Gasteiger partial charge in [-0.25, -0.2) is 4.98 Å². The number of amides is 1. The maximum Gasteiger partial charge on any atom is 0.310 e. The summed E-state index contributed by atoms with van der Waals surface area (Å²) in [5.74, 6) is -1.30. The number of carboxylic acids is 1. The molecule has 1 aromatic rings. The number of aromatic nitrogens is 1. The van der Waals surface area contributed by atoms with Crippen LogP contribution in [0, 0.1) is 5.41 Å². The fraction of sp³-hybridized carbons (Fsp3) is 0.615. The van der Waals surface area contributed by atoms with Crippen molar-refractivity contribution in [1.82, 2.24) is 10.3 Å². The molecule has 1 saturated heterocycles. The van der Waals surface area contributed by atoms with Crippen LogP contribution in [0.25, 0.3) is 0 Å². The van der Waals surface area contributed by atoms with Crippen molar-refractivity contribution in [3.05, 3.63) is 16.1 Å². The second kappa shape index (κ2) is 5.88. The first-order chi connectivity index (χ1) is 9.40. The summed E-state index contributed by atoms with van der Waals surface area (Å²) in [5, 5.41) is 14.1. The fourth-order valence-corrected chi connectivity index (χ4v) is 2.66. The molecule has 1 aromatic heterocycles. The molecule has 1 amide bonds. The van der Waals surface area contributed by atoms with E-state index in [0.717, 1.165) is 24.5 Å². The standard InChI is InChI=1S/C13H18N2O4S/c1-13(2,12(17)18)7-14-10(16)8-6-20-11(15-8)9-4-3-5-19-9/h6,9H,3-5,7H2,1-2H3,(H,14,16)(H,17,18). The van der Waals surface area contributed by atoms with E-state index in [1.54, 1.807) is 19.2 Å². The molecule has 0 aliphatic carbocycles. The summed E-state index contributed by atoms with van der Waals surface area (Å²) in [6.45, 7) is 3.93. The average molecular weight is 298 g/mol. The zero-order valence-electron chi connectivity index (χ0n) is 11.5. The van der Waals surface area contributed by atoms with Gasteiger partial charge in [0.25, 0.3) is 5.91 Å². The third-order valence-corrected chi connectivity index (χ3v) is 4.17. The lowest BCUT2D eigenvalue weighted by atomic mass is 9.94. The van der Waals surface area contributed by atoms with Crippen LogP contribution in [0.15, 0.2) is 5.38 Å². The second-order valence-corrected chi connectivity index (χ2v) is 6.33. The zero-order chi connectivity index (χ0) is 14.8. The van der Waals surface area contributed by atoms with Crippen LogP contribution in [-0.4, -0.2) is 35.1 Å². The summed E-state index contributed by atoms with van der Waals surface area (Å²) >= 11 is 1.40. The van der Waals surface area contributed by atoms with Crippen molar-refractivity contribution < 1.29 is 19.4 Å². The minimum atomic E-state index is -0.997. The highest BCUT2D eigenvalue weighted by Crippen LogP contribution is 2.30. The number of hydrogen-bond acceptors (Lipinski definition) is 5. The molecule has 0 spiro atoms. The first-order valence-corrected chi connectivity index (χ1v) is 7.37. The van der Waals surface area contributed by atoms with Crippen LogP contribution in [0.4, 0.5) is 0 Å². The Hall–Kier alpha value is -1.47. The number of rotatable bonds is 5. The van der Waals surface area contributed by atoms with E-state index >= 15 is 0 Å². The lowest BCUT2D eigenvalue weighted by molar-refractivity contribution is -0.146. The number of carbonyl (C=O) groups is 2. The predicted molar refractivity (Wildman–Crippen MR) is 73.8 cm³/mol. The highest BCUT2D eigenvalue weighted by molar-refractivity contribution is 7.09. The fourth-order valence-electron chi connectivity index (χ4n) is 1.78. The topological polar surface area (TPSA) is 88.5 Å². The smallest absolute Gasteiger partial charge is 0.310 e. The SMILES string of the molecule is CC(C)(CNC(=O)c1csc(C2CCCO2)n1)C(=O)O. The van der Waals surface area contributed by atoms with Crippen molar-refractivity contribution in [3.63, 3.8) is 0 Å². The number of ether oxygens (including phenoxy) is 1. The third kappa shape index (κ3) is 3.34. The summed E-state index contributed by atoms with van der Waals surface area (Å²) in [7, 11) is 0. The summed E-state index contributed by atoms with van der Waals surface area (Å²) < 4.78 is 5.52. The maximum atomic E-state index is 11.9. The minimum Gasteiger partial charge on any atom is -0.481 e. The van der Waals surface area contributed by atoms with Gasteiger partial charge in [0.05, 0.1) is 5.41 Å². The van der Waals surface area contributed by atoms with Gasteiger partial charge in [0.15, 0.2) is 0 Å². The van der Waals surface area contributed by atoms with Crippen molar-refractivity contribution in [2.75, 3.05) is 13.2 Å².